The molecular weight excluding hydrogens is 494 g/mol. The predicted molar refractivity (Wildman–Crippen MR) is 138 cm³/mol. The zero-order valence-corrected chi connectivity index (χ0v) is 20.7. The van der Waals surface area contributed by atoms with Crippen LogP contribution in [0.5, 0.6) is 0 Å². The third-order valence-corrected chi connectivity index (χ3v) is 6.66. The molecule has 1 amide bonds. The van der Waals surface area contributed by atoms with E-state index in [4.69, 9.17) is 5.73 Å². The number of aldehydes is 1. The van der Waals surface area contributed by atoms with Gasteiger partial charge in [-0.05, 0) is 36.2 Å². The second kappa shape index (κ2) is 10.1. The van der Waals surface area contributed by atoms with Crippen LogP contribution < -0.4 is 21.3 Å². The van der Waals surface area contributed by atoms with Crippen molar-refractivity contribution in [3.05, 3.63) is 66.1 Å². The van der Waals surface area contributed by atoms with Crippen LogP contribution in [0.2, 0.25) is 0 Å². The number of aromatic nitrogens is 4. The van der Waals surface area contributed by atoms with Gasteiger partial charge in [-0.3, -0.25) is 14.6 Å². The molecule has 5 rings (SSSR count). The number of imidazole rings is 1. The van der Waals surface area contributed by atoms with E-state index in [-0.39, 0.29) is 35.2 Å². The molecule has 1 aliphatic rings. The van der Waals surface area contributed by atoms with Crippen LogP contribution in [-0.2, 0) is 4.79 Å². The first kappa shape index (κ1) is 25.2. The van der Waals surface area contributed by atoms with Gasteiger partial charge < -0.3 is 21.3 Å². The van der Waals surface area contributed by atoms with E-state index >= 15 is 0 Å². The molecule has 3 unspecified atom stereocenters. The van der Waals surface area contributed by atoms with Crippen LogP contribution in [0, 0.1) is 17.6 Å². The number of hydrogen-bond donors (Lipinski definition) is 3. The third kappa shape index (κ3) is 4.65. The molecule has 38 heavy (non-hydrogen) atoms. The van der Waals surface area contributed by atoms with Crippen LogP contribution in [0.15, 0.2) is 48.9 Å². The predicted octanol–water partition coefficient (Wildman–Crippen LogP) is 2.91. The molecule has 196 valence electrons. The quantitative estimate of drug-likeness (QED) is 0.331. The van der Waals surface area contributed by atoms with Crippen molar-refractivity contribution in [1.29, 1.82) is 0 Å². The molecule has 0 bridgehead atoms. The highest BCUT2D eigenvalue weighted by Gasteiger charge is 2.34. The molecule has 4 N–H and O–H groups in total. The Balaban J connectivity index is 1.47. The number of hydrogen-bond acceptors (Lipinski definition) is 8. The number of halogens is 2. The fourth-order valence-electron chi connectivity index (χ4n) is 4.88. The van der Waals surface area contributed by atoms with Gasteiger partial charge in [-0.2, -0.15) is 9.61 Å². The maximum atomic E-state index is 14.8. The molecule has 4 aromatic rings. The molecule has 3 aromatic heterocycles. The summed E-state index contributed by atoms with van der Waals surface area (Å²) in [6, 6.07) is 6.64. The van der Waals surface area contributed by atoms with Crippen LogP contribution in [0.25, 0.3) is 16.8 Å². The Bertz CT molecular complexity index is 1510. The molecule has 3 atom stereocenters. The smallest absolute Gasteiger partial charge is 0.229 e. The number of nitrogens with zero attached hydrogens (tertiary/aromatic N) is 5. The van der Waals surface area contributed by atoms with Gasteiger partial charge in [0.05, 0.1) is 46.1 Å². The van der Waals surface area contributed by atoms with Gasteiger partial charge in [0, 0.05) is 38.3 Å². The number of anilines is 3. The van der Waals surface area contributed by atoms with Crippen molar-refractivity contribution >= 4 is 35.0 Å². The summed E-state index contributed by atoms with van der Waals surface area (Å²) in [5.74, 6) is -1.55. The minimum atomic E-state index is -0.982. The average Bonchev–Trinajstić information content (AvgIpc) is 3.28. The zero-order valence-electron chi connectivity index (χ0n) is 20.7. The summed E-state index contributed by atoms with van der Waals surface area (Å²) in [6.45, 7) is 4.66. The Kier molecular flexibility index (Phi) is 6.72. The molecule has 10 nitrogen and oxygen atoms in total. The minimum Gasteiger partial charge on any atom is -0.368 e. The molecule has 4 heterocycles. The van der Waals surface area contributed by atoms with Crippen molar-refractivity contribution in [3.63, 3.8) is 0 Å². The van der Waals surface area contributed by atoms with E-state index in [1.54, 1.807) is 24.7 Å². The van der Waals surface area contributed by atoms with Crippen molar-refractivity contribution < 1.29 is 18.4 Å². The zero-order chi connectivity index (χ0) is 27.0. The Morgan fingerprint density at radius 2 is 1.97 bits per heavy atom. The van der Waals surface area contributed by atoms with Gasteiger partial charge in [-0.15, -0.1) is 0 Å². The third-order valence-electron chi connectivity index (χ3n) is 6.66. The number of nitrogens with two attached hydrogens (primary N) is 1. The van der Waals surface area contributed by atoms with Gasteiger partial charge in [-0.25, -0.2) is 13.8 Å². The second-order valence-electron chi connectivity index (χ2n) is 9.37. The summed E-state index contributed by atoms with van der Waals surface area (Å²) < 4.78 is 30.8. The van der Waals surface area contributed by atoms with E-state index in [1.165, 1.54) is 17.5 Å². The number of carbonyl (C=O) groups excluding carboxylic acids is 2. The standard InChI is InChI=1S/C26H26F2N8O2/c1-14-11-35(12-19(29)25(14)32-15(2)38)22-7-8-30-10-21(22)33-26-31-9-17-4-6-20(34-36(17)26)23-18(27)5-3-16(13-37)24(23)28/h3-10,13-14,19,25H,11-12,29H2,1-2H3,(H,31,33)(H,32,38). The normalized spacial score (nSPS) is 19.4. The van der Waals surface area contributed by atoms with Gasteiger partial charge >= 0.3 is 0 Å². The maximum Gasteiger partial charge on any atom is 0.229 e. The number of pyridine rings is 1. The van der Waals surface area contributed by atoms with Gasteiger partial charge in [0.15, 0.2) is 6.29 Å². The molecule has 0 spiro atoms. The first-order chi connectivity index (χ1) is 18.3. The van der Waals surface area contributed by atoms with Crippen LogP contribution in [0.4, 0.5) is 26.1 Å². The molecule has 12 heteroatoms. The Hall–Kier alpha value is -4.45. The molecule has 1 fully saturated rings. The van der Waals surface area contributed by atoms with Gasteiger partial charge in [0.25, 0.3) is 0 Å². The molecular formula is C26H26F2N8O2. The fourth-order valence-corrected chi connectivity index (χ4v) is 4.88. The van der Waals surface area contributed by atoms with Crippen molar-refractivity contribution in [2.75, 3.05) is 23.3 Å². The van der Waals surface area contributed by atoms with Crippen LogP contribution in [-0.4, -0.2) is 56.9 Å². The molecule has 0 saturated carbocycles. The summed E-state index contributed by atoms with van der Waals surface area (Å²) in [6.07, 6.45) is 5.21. The summed E-state index contributed by atoms with van der Waals surface area (Å²) >= 11 is 0. The highest BCUT2D eigenvalue weighted by molar-refractivity contribution is 5.79. The lowest BCUT2D eigenvalue weighted by Gasteiger charge is -2.42. The van der Waals surface area contributed by atoms with E-state index in [9.17, 15) is 18.4 Å². The molecule has 0 aliphatic carbocycles. The number of benzene rings is 1. The number of fused-ring (bicyclic) bond motifs is 1. The second-order valence-corrected chi connectivity index (χ2v) is 9.37. The van der Waals surface area contributed by atoms with Gasteiger partial charge in [0.1, 0.15) is 11.6 Å². The average molecular weight is 521 g/mol. The molecule has 0 radical (unpaired) electrons. The number of carbonyl (C=O) groups is 2. The Morgan fingerprint density at radius 3 is 2.71 bits per heavy atom. The van der Waals surface area contributed by atoms with Crippen LogP contribution in [0.1, 0.15) is 24.2 Å². The van der Waals surface area contributed by atoms with Crippen molar-refractivity contribution in [1.82, 2.24) is 24.9 Å². The van der Waals surface area contributed by atoms with Crippen LogP contribution >= 0.6 is 0 Å². The van der Waals surface area contributed by atoms with Crippen molar-refractivity contribution in [3.8, 4) is 11.3 Å². The van der Waals surface area contributed by atoms with Crippen molar-refractivity contribution in [2.24, 2.45) is 11.7 Å². The first-order valence-corrected chi connectivity index (χ1v) is 12.0. The monoisotopic (exact) mass is 520 g/mol. The lowest BCUT2D eigenvalue weighted by atomic mass is 9.89. The summed E-state index contributed by atoms with van der Waals surface area (Å²) in [5, 5.41) is 10.6. The summed E-state index contributed by atoms with van der Waals surface area (Å²) in [5.41, 5.74) is 7.80. The number of amides is 1. The first-order valence-electron chi connectivity index (χ1n) is 12.0. The van der Waals surface area contributed by atoms with Crippen LogP contribution in [0.3, 0.4) is 0 Å². The van der Waals surface area contributed by atoms with E-state index < -0.39 is 17.2 Å². The van der Waals surface area contributed by atoms with Gasteiger partial charge in [0.2, 0.25) is 11.9 Å². The molecule has 1 saturated heterocycles. The molecule has 1 aromatic carbocycles. The largest absolute Gasteiger partial charge is 0.368 e. The highest BCUT2D eigenvalue weighted by Crippen LogP contribution is 2.32. The fraction of sp³-hybridized carbons (Fsp3) is 0.269. The van der Waals surface area contributed by atoms with E-state index in [1.807, 2.05) is 13.0 Å². The van der Waals surface area contributed by atoms with E-state index in [0.29, 0.717) is 36.5 Å². The highest BCUT2D eigenvalue weighted by atomic mass is 19.1. The summed E-state index contributed by atoms with van der Waals surface area (Å²) in [4.78, 5) is 33.5. The Labute approximate surface area is 216 Å². The Morgan fingerprint density at radius 1 is 1.16 bits per heavy atom. The summed E-state index contributed by atoms with van der Waals surface area (Å²) in [7, 11) is 0. The van der Waals surface area contributed by atoms with Gasteiger partial charge in [-0.1, -0.05) is 6.92 Å². The van der Waals surface area contributed by atoms with E-state index in [0.717, 1.165) is 17.8 Å². The lowest BCUT2D eigenvalue weighted by Crippen LogP contribution is -2.61. The molecule has 1 aliphatic heterocycles. The topological polar surface area (TPSA) is 131 Å². The van der Waals surface area contributed by atoms with Crippen molar-refractivity contribution in [2.45, 2.75) is 25.9 Å². The number of piperidine rings is 1. The number of nitrogens with one attached hydrogen (secondary N) is 2. The minimum absolute atomic E-state index is 0.00324. The lowest BCUT2D eigenvalue weighted by molar-refractivity contribution is -0.120. The number of rotatable bonds is 6. The van der Waals surface area contributed by atoms with E-state index in [2.05, 4.69) is 30.6 Å². The SMILES string of the molecule is CC(=O)NC1C(C)CN(c2ccncc2Nc2ncc3ccc(-c4c(F)ccc(C=O)c4F)nn23)CC1N. The maximum absolute atomic E-state index is 14.8.